The molecule has 2 saturated heterocycles. The van der Waals surface area contributed by atoms with E-state index in [9.17, 15) is 4.79 Å². The van der Waals surface area contributed by atoms with Gasteiger partial charge in [-0.15, -0.1) is 0 Å². The third-order valence-electron chi connectivity index (χ3n) is 4.46. The molecule has 2 aliphatic heterocycles. The predicted molar refractivity (Wildman–Crippen MR) is 73.5 cm³/mol. The largest absolute Gasteiger partial charge is 0.353 e. The van der Waals surface area contributed by atoms with Crippen LogP contribution in [0, 0.1) is 0 Å². The third kappa shape index (κ3) is 2.69. The van der Waals surface area contributed by atoms with E-state index >= 15 is 0 Å². The molecule has 2 rings (SSSR count). The van der Waals surface area contributed by atoms with Gasteiger partial charge < -0.3 is 10.6 Å². The number of rotatable bonds is 4. The fourth-order valence-corrected chi connectivity index (χ4v) is 3.62. The number of amides is 1. The summed E-state index contributed by atoms with van der Waals surface area (Å²) >= 11 is 0. The minimum Gasteiger partial charge on any atom is -0.353 e. The van der Waals surface area contributed by atoms with Crippen LogP contribution in [0.5, 0.6) is 0 Å². The molecular formula is C14H27N3O. The van der Waals surface area contributed by atoms with Crippen LogP contribution in [-0.4, -0.2) is 48.1 Å². The minimum absolute atomic E-state index is 0.0164. The van der Waals surface area contributed by atoms with Gasteiger partial charge in [0.25, 0.3) is 0 Å². The summed E-state index contributed by atoms with van der Waals surface area (Å²) in [6, 6.07) is 2.07. The van der Waals surface area contributed by atoms with Crippen molar-refractivity contribution >= 4 is 5.91 Å². The van der Waals surface area contributed by atoms with Crippen LogP contribution < -0.4 is 10.6 Å². The van der Waals surface area contributed by atoms with Gasteiger partial charge in [0.2, 0.25) is 5.91 Å². The van der Waals surface area contributed by atoms with E-state index in [0.29, 0.717) is 18.1 Å². The van der Waals surface area contributed by atoms with Gasteiger partial charge in [-0.2, -0.15) is 0 Å². The van der Waals surface area contributed by atoms with Gasteiger partial charge in [0.05, 0.1) is 6.04 Å². The third-order valence-corrected chi connectivity index (χ3v) is 4.46. The predicted octanol–water partition coefficient (Wildman–Crippen LogP) is 1.11. The fourth-order valence-electron chi connectivity index (χ4n) is 3.62. The molecule has 104 valence electrons. The zero-order chi connectivity index (χ0) is 13.3. The second-order valence-corrected chi connectivity index (χ2v) is 6.13. The van der Waals surface area contributed by atoms with E-state index < -0.39 is 0 Å². The highest BCUT2D eigenvalue weighted by molar-refractivity contribution is 5.81. The second-order valence-electron chi connectivity index (χ2n) is 6.13. The summed E-state index contributed by atoms with van der Waals surface area (Å²) in [6.07, 6.45) is 4.88. The van der Waals surface area contributed by atoms with Crippen LogP contribution in [0.2, 0.25) is 0 Å². The number of hydrogen-bond donors (Lipinski definition) is 2. The maximum atomic E-state index is 12.2. The van der Waals surface area contributed by atoms with Crippen molar-refractivity contribution < 1.29 is 4.79 Å². The van der Waals surface area contributed by atoms with Gasteiger partial charge in [0.15, 0.2) is 0 Å². The number of carbonyl (C=O) groups excluding carboxylic acids is 1. The lowest BCUT2D eigenvalue weighted by molar-refractivity contribution is -0.128. The first-order chi connectivity index (χ1) is 8.52. The van der Waals surface area contributed by atoms with Crippen molar-refractivity contribution in [2.75, 3.05) is 7.05 Å². The standard InChI is InChI=1S/C14H27N3O/c1-9(2)16-14(18)10(3)17-12-5-6-13(17)8-11(7-12)15-4/h9-13,15H,5-8H2,1-4H3,(H,16,18). The molecule has 2 fully saturated rings. The highest BCUT2D eigenvalue weighted by atomic mass is 16.2. The Kier molecular flexibility index (Phi) is 4.28. The Morgan fingerprint density at radius 1 is 1.17 bits per heavy atom. The van der Waals surface area contributed by atoms with E-state index in [4.69, 9.17) is 0 Å². The highest BCUT2D eigenvalue weighted by Crippen LogP contribution is 2.37. The van der Waals surface area contributed by atoms with Crippen molar-refractivity contribution in [2.24, 2.45) is 0 Å². The molecule has 0 aliphatic carbocycles. The lowest BCUT2D eigenvalue weighted by Crippen LogP contribution is -2.56. The number of nitrogens with zero attached hydrogens (tertiary/aromatic N) is 1. The highest BCUT2D eigenvalue weighted by Gasteiger charge is 2.43. The van der Waals surface area contributed by atoms with Crippen LogP contribution in [0.15, 0.2) is 0 Å². The number of piperidine rings is 1. The summed E-state index contributed by atoms with van der Waals surface area (Å²) < 4.78 is 0. The van der Waals surface area contributed by atoms with E-state index in [1.807, 2.05) is 13.8 Å². The molecule has 2 heterocycles. The van der Waals surface area contributed by atoms with Gasteiger partial charge in [-0.3, -0.25) is 9.69 Å². The maximum absolute atomic E-state index is 12.2. The van der Waals surface area contributed by atoms with Crippen LogP contribution >= 0.6 is 0 Å². The molecule has 3 unspecified atom stereocenters. The van der Waals surface area contributed by atoms with E-state index in [0.717, 1.165) is 0 Å². The monoisotopic (exact) mass is 253 g/mol. The van der Waals surface area contributed by atoms with E-state index in [1.54, 1.807) is 0 Å². The molecule has 0 spiro atoms. The van der Waals surface area contributed by atoms with Crippen molar-refractivity contribution in [3.05, 3.63) is 0 Å². The normalized spacial score (nSPS) is 33.7. The van der Waals surface area contributed by atoms with E-state index in [1.165, 1.54) is 25.7 Å². The van der Waals surface area contributed by atoms with E-state index in [-0.39, 0.29) is 18.0 Å². The number of nitrogens with one attached hydrogen (secondary N) is 2. The van der Waals surface area contributed by atoms with Crippen molar-refractivity contribution in [3.8, 4) is 0 Å². The average molecular weight is 253 g/mol. The maximum Gasteiger partial charge on any atom is 0.237 e. The summed E-state index contributed by atoms with van der Waals surface area (Å²) in [7, 11) is 2.05. The summed E-state index contributed by atoms with van der Waals surface area (Å²) in [5.74, 6) is 0.185. The van der Waals surface area contributed by atoms with Crippen LogP contribution in [0.1, 0.15) is 46.5 Å². The SMILES string of the molecule is CNC1CC2CCC(C1)N2C(C)C(=O)NC(C)C. The van der Waals surface area contributed by atoms with Crippen molar-refractivity contribution in [1.29, 1.82) is 0 Å². The summed E-state index contributed by atoms with van der Waals surface area (Å²) in [5.41, 5.74) is 0. The van der Waals surface area contributed by atoms with Crippen molar-refractivity contribution in [2.45, 2.75) is 76.7 Å². The Balaban J connectivity index is 1.99. The molecule has 0 aromatic carbocycles. The van der Waals surface area contributed by atoms with Gasteiger partial charge in [-0.1, -0.05) is 0 Å². The van der Waals surface area contributed by atoms with Crippen LogP contribution in [0.3, 0.4) is 0 Å². The lowest BCUT2D eigenvalue weighted by Gasteiger charge is -2.42. The van der Waals surface area contributed by atoms with Crippen LogP contribution in [0.25, 0.3) is 0 Å². The molecule has 1 amide bonds. The zero-order valence-electron chi connectivity index (χ0n) is 12.1. The Bertz CT molecular complexity index is 291. The van der Waals surface area contributed by atoms with E-state index in [2.05, 4.69) is 29.5 Å². The van der Waals surface area contributed by atoms with Gasteiger partial charge in [0, 0.05) is 24.2 Å². The van der Waals surface area contributed by atoms with Gasteiger partial charge in [0.1, 0.15) is 0 Å². The number of hydrogen-bond acceptors (Lipinski definition) is 3. The first kappa shape index (κ1) is 13.8. The topological polar surface area (TPSA) is 44.4 Å². The number of carbonyl (C=O) groups is 1. The van der Waals surface area contributed by atoms with Crippen molar-refractivity contribution in [1.82, 2.24) is 15.5 Å². The quantitative estimate of drug-likeness (QED) is 0.789. The van der Waals surface area contributed by atoms with Crippen LogP contribution in [-0.2, 0) is 4.79 Å². The average Bonchev–Trinajstić information content (AvgIpc) is 2.57. The number of fused-ring (bicyclic) bond motifs is 2. The molecule has 2 bridgehead atoms. The Morgan fingerprint density at radius 2 is 1.72 bits per heavy atom. The summed E-state index contributed by atoms with van der Waals surface area (Å²) in [4.78, 5) is 14.6. The Labute approximate surface area is 110 Å². The zero-order valence-corrected chi connectivity index (χ0v) is 12.1. The molecule has 18 heavy (non-hydrogen) atoms. The first-order valence-corrected chi connectivity index (χ1v) is 7.28. The summed E-state index contributed by atoms with van der Waals surface area (Å²) in [6.45, 7) is 6.10. The molecule has 0 radical (unpaired) electrons. The molecular weight excluding hydrogens is 226 g/mol. The van der Waals surface area contributed by atoms with Gasteiger partial charge >= 0.3 is 0 Å². The van der Waals surface area contributed by atoms with Crippen LogP contribution in [0.4, 0.5) is 0 Å². The Morgan fingerprint density at radius 3 is 2.17 bits per heavy atom. The second kappa shape index (κ2) is 5.57. The molecule has 4 nitrogen and oxygen atoms in total. The van der Waals surface area contributed by atoms with Crippen molar-refractivity contribution in [3.63, 3.8) is 0 Å². The first-order valence-electron chi connectivity index (χ1n) is 7.28. The van der Waals surface area contributed by atoms with Gasteiger partial charge in [-0.25, -0.2) is 0 Å². The summed E-state index contributed by atoms with van der Waals surface area (Å²) in [5, 5.41) is 6.44. The lowest BCUT2D eigenvalue weighted by atomic mass is 9.95. The molecule has 4 heteroatoms. The molecule has 2 aliphatic rings. The molecule has 0 aromatic rings. The molecule has 2 N–H and O–H groups in total. The minimum atomic E-state index is 0.0164. The fraction of sp³-hybridized carbons (Fsp3) is 0.929. The molecule has 3 atom stereocenters. The smallest absolute Gasteiger partial charge is 0.237 e. The molecule has 0 aromatic heterocycles. The Hall–Kier alpha value is -0.610. The molecule has 0 saturated carbocycles. The van der Waals surface area contributed by atoms with Gasteiger partial charge in [-0.05, 0) is 53.5 Å².